The van der Waals surface area contributed by atoms with Crippen LogP contribution in [0.15, 0.2) is 48.5 Å². The highest BCUT2D eigenvalue weighted by atomic mass is 35.5. The predicted molar refractivity (Wildman–Crippen MR) is 136 cm³/mol. The summed E-state index contributed by atoms with van der Waals surface area (Å²) < 4.78 is 11.8. The van der Waals surface area contributed by atoms with E-state index in [0.717, 1.165) is 37.2 Å². The first-order chi connectivity index (χ1) is 17.0. The Hall–Kier alpha value is -3.32. The van der Waals surface area contributed by atoms with Crippen molar-refractivity contribution in [2.75, 3.05) is 31.6 Å². The van der Waals surface area contributed by atoms with Crippen molar-refractivity contribution >= 4 is 23.5 Å². The minimum atomic E-state index is -0.112. The fourth-order valence-electron chi connectivity index (χ4n) is 4.59. The lowest BCUT2D eigenvalue weighted by Crippen LogP contribution is -2.38. The Labute approximate surface area is 210 Å². The fourth-order valence-corrected chi connectivity index (χ4v) is 4.81. The molecule has 1 amide bonds. The van der Waals surface area contributed by atoms with Gasteiger partial charge in [0.25, 0.3) is 5.91 Å². The number of hydrogen-bond acceptors (Lipinski definition) is 6. The molecule has 2 aliphatic heterocycles. The molecule has 2 aliphatic rings. The van der Waals surface area contributed by atoms with Crippen molar-refractivity contribution in [3.63, 3.8) is 0 Å². The topological polar surface area (TPSA) is 67.8 Å². The van der Waals surface area contributed by atoms with Crippen LogP contribution in [0.2, 0.25) is 5.02 Å². The van der Waals surface area contributed by atoms with Gasteiger partial charge in [-0.05, 0) is 43.0 Å². The summed E-state index contributed by atoms with van der Waals surface area (Å²) in [4.78, 5) is 27.1. The molecule has 0 radical (unpaired) electrons. The van der Waals surface area contributed by atoms with E-state index in [0.29, 0.717) is 59.3 Å². The molecule has 8 heteroatoms. The first-order valence-electron chi connectivity index (χ1n) is 12.0. The van der Waals surface area contributed by atoms with E-state index in [1.54, 1.807) is 24.1 Å². The smallest absolute Gasteiger partial charge is 0.255 e. The van der Waals surface area contributed by atoms with E-state index >= 15 is 0 Å². The van der Waals surface area contributed by atoms with Gasteiger partial charge in [-0.3, -0.25) is 4.79 Å². The number of ether oxygens (including phenoxy) is 2. The number of piperidine rings is 1. The van der Waals surface area contributed by atoms with Gasteiger partial charge >= 0.3 is 0 Å². The molecular weight excluding hydrogens is 464 g/mol. The third-order valence-corrected chi connectivity index (χ3v) is 7.07. The van der Waals surface area contributed by atoms with Crippen LogP contribution in [0.3, 0.4) is 0 Å². The van der Waals surface area contributed by atoms with Crippen molar-refractivity contribution in [1.82, 2.24) is 14.9 Å². The van der Waals surface area contributed by atoms with Crippen LogP contribution in [0.1, 0.15) is 41.4 Å². The number of hydrogen-bond donors (Lipinski definition) is 0. The van der Waals surface area contributed by atoms with Crippen LogP contribution in [0.25, 0.3) is 0 Å². The van der Waals surface area contributed by atoms with Crippen molar-refractivity contribution in [3.8, 4) is 17.4 Å². The van der Waals surface area contributed by atoms with Crippen LogP contribution < -0.4 is 14.4 Å². The standard InChI is InChI=1S/C27H29ClN4O3/c1-18-11-14-31(15-12-18)27-29-22-13-16-32(26(33)19-7-3-4-8-21(19)28)17-20(22)25(30-27)35-24-10-6-5-9-23(24)34-2/h3-10,18H,11-17H2,1-2H3. The SMILES string of the molecule is COc1ccccc1Oc1nc(N2CCC(C)CC2)nc2c1CN(C(=O)c1ccccc1Cl)CC2. The van der Waals surface area contributed by atoms with Gasteiger partial charge in [-0.2, -0.15) is 4.98 Å². The number of methoxy groups -OCH3 is 1. The molecule has 3 aromatic rings. The van der Waals surface area contributed by atoms with Gasteiger partial charge in [0.05, 0.1) is 35.5 Å². The number of para-hydroxylation sites is 2. The lowest BCUT2D eigenvalue weighted by Gasteiger charge is -2.33. The third-order valence-electron chi connectivity index (χ3n) is 6.74. The Bertz CT molecular complexity index is 1230. The van der Waals surface area contributed by atoms with Crippen molar-refractivity contribution in [2.24, 2.45) is 5.92 Å². The zero-order chi connectivity index (χ0) is 24.4. The molecule has 5 rings (SSSR count). The van der Waals surface area contributed by atoms with Crippen molar-refractivity contribution in [2.45, 2.75) is 32.7 Å². The van der Waals surface area contributed by atoms with Gasteiger partial charge < -0.3 is 19.3 Å². The first kappa shape index (κ1) is 23.4. The Kier molecular flexibility index (Phi) is 6.77. The van der Waals surface area contributed by atoms with E-state index in [-0.39, 0.29) is 5.91 Å². The minimum absolute atomic E-state index is 0.112. The zero-order valence-corrected chi connectivity index (χ0v) is 20.8. The van der Waals surface area contributed by atoms with Crippen LogP contribution in [-0.4, -0.2) is 47.5 Å². The van der Waals surface area contributed by atoms with Gasteiger partial charge in [0, 0.05) is 26.1 Å². The van der Waals surface area contributed by atoms with Gasteiger partial charge in [0.1, 0.15) is 0 Å². The molecule has 182 valence electrons. The molecule has 1 saturated heterocycles. The van der Waals surface area contributed by atoms with E-state index in [2.05, 4.69) is 11.8 Å². The van der Waals surface area contributed by atoms with Crippen molar-refractivity contribution in [3.05, 3.63) is 70.4 Å². The highest BCUT2D eigenvalue weighted by Gasteiger charge is 2.30. The largest absolute Gasteiger partial charge is 0.493 e. The third kappa shape index (κ3) is 4.91. The highest BCUT2D eigenvalue weighted by Crippen LogP contribution is 2.36. The number of amides is 1. The van der Waals surface area contributed by atoms with Gasteiger partial charge in [-0.1, -0.05) is 42.8 Å². The van der Waals surface area contributed by atoms with E-state index < -0.39 is 0 Å². The molecule has 0 spiro atoms. The summed E-state index contributed by atoms with van der Waals surface area (Å²) in [6.07, 6.45) is 2.85. The van der Waals surface area contributed by atoms with Gasteiger partial charge in [0.15, 0.2) is 11.5 Å². The molecule has 0 atom stereocenters. The van der Waals surface area contributed by atoms with Crippen LogP contribution in [0.4, 0.5) is 5.95 Å². The molecule has 1 fully saturated rings. The number of aromatic nitrogens is 2. The van der Waals surface area contributed by atoms with Gasteiger partial charge in [0.2, 0.25) is 11.8 Å². The molecule has 0 aliphatic carbocycles. The Morgan fingerprint density at radius 1 is 1.00 bits per heavy atom. The number of benzene rings is 2. The maximum absolute atomic E-state index is 13.3. The summed E-state index contributed by atoms with van der Waals surface area (Å²) in [6.45, 7) is 5.03. The average Bonchev–Trinajstić information content (AvgIpc) is 2.89. The summed E-state index contributed by atoms with van der Waals surface area (Å²) in [6, 6.07) is 14.6. The fraction of sp³-hybridized carbons (Fsp3) is 0.370. The Morgan fingerprint density at radius 3 is 2.46 bits per heavy atom. The summed E-state index contributed by atoms with van der Waals surface area (Å²) in [5, 5.41) is 0.444. The maximum Gasteiger partial charge on any atom is 0.255 e. The molecule has 3 heterocycles. The number of anilines is 1. The van der Waals surface area contributed by atoms with Crippen molar-refractivity contribution < 1.29 is 14.3 Å². The molecule has 0 N–H and O–H groups in total. The summed E-state index contributed by atoms with van der Waals surface area (Å²) in [5.41, 5.74) is 2.23. The normalized spacial score (nSPS) is 16.1. The number of carbonyl (C=O) groups excluding carboxylic acids is 1. The Balaban J connectivity index is 1.50. The molecule has 0 saturated carbocycles. The zero-order valence-electron chi connectivity index (χ0n) is 20.0. The van der Waals surface area contributed by atoms with E-state index in [9.17, 15) is 4.79 Å². The number of carbonyl (C=O) groups is 1. The summed E-state index contributed by atoms with van der Waals surface area (Å²) in [7, 11) is 1.61. The van der Waals surface area contributed by atoms with Gasteiger partial charge in [-0.25, -0.2) is 4.98 Å². The molecule has 0 bridgehead atoms. The monoisotopic (exact) mass is 492 g/mol. The van der Waals surface area contributed by atoms with Crippen LogP contribution in [-0.2, 0) is 13.0 Å². The second-order valence-corrected chi connectivity index (χ2v) is 9.54. The molecule has 35 heavy (non-hydrogen) atoms. The maximum atomic E-state index is 13.3. The van der Waals surface area contributed by atoms with Gasteiger partial charge in [-0.15, -0.1) is 0 Å². The average molecular weight is 493 g/mol. The van der Waals surface area contributed by atoms with E-state index in [1.807, 2.05) is 36.4 Å². The number of fused-ring (bicyclic) bond motifs is 1. The first-order valence-corrected chi connectivity index (χ1v) is 12.4. The Morgan fingerprint density at radius 2 is 1.71 bits per heavy atom. The summed E-state index contributed by atoms with van der Waals surface area (Å²) >= 11 is 6.31. The number of rotatable bonds is 5. The molecule has 1 aromatic heterocycles. The van der Waals surface area contributed by atoms with E-state index in [4.69, 9.17) is 31.0 Å². The predicted octanol–water partition coefficient (Wildman–Crippen LogP) is 5.37. The molecule has 2 aromatic carbocycles. The van der Waals surface area contributed by atoms with Crippen LogP contribution >= 0.6 is 11.6 Å². The summed E-state index contributed by atoms with van der Waals surface area (Å²) in [5.74, 6) is 2.93. The van der Waals surface area contributed by atoms with Crippen LogP contribution in [0, 0.1) is 5.92 Å². The molecular formula is C27H29ClN4O3. The highest BCUT2D eigenvalue weighted by molar-refractivity contribution is 6.33. The quantitative estimate of drug-likeness (QED) is 0.477. The lowest BCUT2D eigenvalue weighted by atomic mass is 9.99. The lowest BCUT2D eigenvalue weighted by molar-refractivity contribution is 0.0732. The number of nitrogens with zero attached hydrogens (tertiary/aromatic N) is 4. The number of halogens is 1. The van der Waals surface area contributed by atoms with Crippen molar-refractivity contribution in [1.29, 1.82) is 0 Å². The van der Waals surface area contributed by atoms with Crippen LogP contribution in [0.5, 0.6) is 17.4 Å². The van der Waals surface area contributed by atoms with E-state index in [1.165, 1.54) is 0 Å². The second-order valence-electron chi connectivity index (χ2n) is 9.13. The minimum Gasteiger partial charge on any atom is -0.493 e. The molecule has 0 unspecified atom stereocenters. The second kappa shape index (κ2) is 10.1. The molecule has 7 nitrogen and oxygen atoms in total.